The number of nitrogens with zero attached hydrogens (tertiary/aromatic N) is 2. The molecular formula is C20H20F4N2O4. The van der Waals surface area contributed by atoms with Gasteiger partial charge in [-0.1, -0.05) is 6.07 Å². The summed E-state index contributed by atoms with van der Waals surface area (Å²) >= 11 is 0. The number of hydrogen-bond donors (Lipinski definition) is 2. The lowest BCUT2D eigenvalue weighted by Gasteiger charge is -2.26. The lowest BCUT2D eigenvalue weighted by atomic mass is 10.0. The first-order chi connectivity index (χ1) is 14.0. The predicted molar refractivity (Wildman–Crippen MR) is 98.2 cm³/mol. The molecule has 162 valence electrons. The molecule has 0 unspecified atom stereocenters. The Morgan fingerprint density at radius 1 is 1.20 bits per heavy atom. The van der Waals surface area contributed by atoms with Crippen LogP contribution in [0.5, 0.6) is 0 Å². The molecule has 2 heterocycles. The lowest BCUT2D eigenvalue weighted by molar-refractivity contribution is -0.192. The van der Waals surface area contributed by atoms with E-state index in [-0.39, 0.29) is 17.8 Å². The van der Waals surface area contributed by atoms with Crippen LogP contribution in [-0.4, -0.2) is 56.8 Å². The zero-order valence-corrected chi connectivity index (χ0v) is 15.9. The monoisotopic (exact) mass is 428 g/mol. The van der Waals surface area contributed by atoms with E-state index in [4.69, 9.17) is 9.90 Å². The van der Waals surface area contributed by atoms with Crippen molar-refractivity contribution in [2.24, 2.45) is 0 Å². The number of carbonyl (C=O) groups excluding carboxylic acids is 1. The van der Waals surface area contributed by atoms with Crippen molar-refractivity contribution < 1.29 is 37.4 Å². The highest BCUT2D eigenvalue weighted by atomic mass is 19.4. The molecule has 1 amide bonds. The Morgan fingerprint density at radius 2 is 1.80 bits per heavy atom. The van der Waals surface area contributed by atoms with Crippen molar-refractivity contribution in [3.05, 3.63) is 65.2 Å². The number of rotatable bonds is 3. The lowest BCUT2D eigenvalue weighted by Crippen LogP contribution is -2.41. The van der Waals surface area contributed by atoms with E-state index >= 15 is 0 Å². The van der Waals surface area contributed by atoms with E-state index in [2.05, 4.69) is 4.98 Å². The summed E-state index contributed by atoms with van der Waals surface area (Å²) in [6.07, 6.45) is -1.17. The van der Waals surface area contributed by atoms with Gasteiger partial charge in [-0.15, -0.1) is 0 Å². The van der Waals surface area contributed by atoms with Crippen LogP contribution in [-0.2, 0) is 11.2 Å². The Hall–Kier alpha value is -3.01. The van der Waals surface area contributed by atoms with Crippen molar-refractivity contribution >= 4 is 11.9 Å². The summed E-state index contributed by atoms with van der Waals surface area (Å²) in [7, 11) is 0. The Morgan fingerprint density at radius 3 is 2.33 bits per heavy atom. The molecule has 3 rings (SSSR count). The molecule has 0 saturated carbocycles. The van der Waals surface area contributed by atoms with Gasteiger partial charge in [-0.3, -0.25) is 9.78 Å². The van der Waals surface area contributed by atoms with Crippen LogP contribution in [0.25, 0.3) is 0 Å². The van der Waals surface area contributed by atoms with Crippen molar-refractivity contribution in [3.8, 4) is 0 Å². The molecule has 2 atom stereocenters. The Bertz CT molecular complexity index is 890. The van der Waals surface area contributed by atoms with Gasteiger partial charge in [0, 0.05) is 24.5 Å². The van der Waals surface area contributed by atoms with Gasteiger partial charge in [0.25, 0.3) is 5.91 Å². The number of halogens is 4. The van der Waals surface area contributed by atoms with Crippen molar-refractivity contribution in [3.63, 3.8) is 0 Å². The summed E-state index contributed by atoms with van der Waals surface area (Å²) in [5.41, 5.74) is 1.84. The fourth-order valence-electron chi connectivity index (χ4n) is 2.99. The zero-order chi connectivity index (χ0) is 22.5. The number of amides is 1. The molecular weight excluding hydrogens is 408 g/mol. The van der Waals surface area contributed by atoms with Gasteiger partial charge in [-0.05, 0) is 55.2 Å². The van der Waals surface area contributed by atoms with Gasteiger partial charge in [0.1, 0.15) is 5.82 Å². The van der Waals surface area contributed by atoms with Crippen LogP contribution in [0.1, 0.15) is 27.9 Å². The average molecular weight is 428 g/mol. The molecule has 1 aliphatic heterocycles. The molecule has 6 nitrogen and oxygen atoms in total. The second-order valence-corrected chi connectivity index (χ2v) is 6.75. The topological polar surface area (TPSA) is 90.7 Å². The largest absolute Gasteiger partial charge is 0.490 e. The number of pyridine rings is 1. The van der Waals surface area contributed by atoms with Gasteiger partial charge < -0.3 is 15.1 Å². The first-order valence-electron chi connectivity index (χ1n) is 8.95. The summed E-state index contributed by atoms with van der Waals surface area (Å²) in [4.78, 5) is 27.2. The van der Waals surface area contributed by atoms with Crippen molar-refractivity contribution in [2.75, 3.05) is 6.54 Å². The highest BCUT2D eigenvalue weighted by molar-refractivity contribution is 5.94. The van der Waals surface area contributed by atoms with Crippen LogP contribution in [0.3, 0.4) is 0 Å². The smallest absolute Gasteiger partial charge is 0.475 e. The van der Waals surface area contributed by atoms with Gasteiger partial charge in [-0.2, -0.15) is 13.2 Å². The third-order valence-corrected chi connectivity index (χ3v) is 4.63. The maximum atomic E-state index is 13.7. The Balaban J connectivity index is 0.000000396. The number of hydrogen-bond acceptors (Lipinski definition) is 4. The SMILES string of the molecule is Cc1ccc(C(=O)N2CC[C@H](O)[C@@H]2Cc2ccncc2)cc1F.O=C(O)C(F)(F)F. The summed E-state index contributed by atoms with van der Waals surface area (Å²) in [6, 6.07) is 7.96. The van der Waals surface area contributed by atoms with Gasteiger partial charge in [0.15, 0.2) is 0 Å². The van der Waals surface area contributed by atoms with E-state index in [1.165, 1.54) is 6.07 Å². The second kappa shape index (κ2) is 9.66. The molecule has 30 heavy (non-hydrogen) atoms. The standard InChI is InChI=1S/C18H19FN2O2.C2HF3O2/c1-12-2-3-14(11-15(12)19)18(23)21-9-6-17(22)16(21)10-13-4-7-20-8-5-13;3-2(4,5)1(6)7/h2-5,7-8,11,16-17,22H,6,9-10H2,1H3;(H,6,7)/t16-,17-;/m0./s1. The van der Waals surface area contributed by atoms with Crippen LogP contribution in [0.4, 0.5) is 17.6 Å². The number of benzene rings is 1. The Kier molecular flexibility index (Phi) is 7.49. The molecule has 10 heteroatoms. The van der Waals surface area contributed by atoms with E-state index < -0.39 is 18.2 Å². The fourth-order valence-corrected chi connectivity index (χ4v) is 2.99. The summed E-state index contributed by atoms with van der Waals surface area (Å²) in [5, 5.41) is 17.4. The minimum atomic E-state index is -5.08. The van der Waals surface area contributed by atoms with Crippen molar-refractivity contribution in [2.45, 2.75) is 38.1 Å². The minimum absolute atomic E-state index is 0.237. The van der Waals surface area contributed by atoms with E-state index in [9.17, 15) is 27.5 Å². The van der Waals surface area contributed by atoms with E-state index in [0.29, 0.717) is 30.5 Å². The Labute approximate surface area is 169 Å². The minimum Gasteiger partial charge on any atom is -0.475 e. The third kappa shape index (κ3) is 5.99. The molecule has 0 spiro atoms. The zero-order valence-electron chi connectivity index (χ0n) is 15.9. The summed E-state index contributed by atoms with van der Waals surface area (Å²) in [6.45, 7) is 2.14. The molecule has 2 aromatic rings. The van der Waals surface area contributed by atoms with E-state index in [1.54, 1.807) is 36.4 Å². The van der Waals surface area contributed by atoms with Gasteiger partial charge in [-0.25, -0.2) is 9.18 Å². The van der Waals surface area contributed by atoms with E-state index in [1.807, 2.05) is 12.1 Å². The summed E-state index contributed by atoms with van der Waals surface area (Å²) < 4.78 is 45.5. The maximum Gasteiger partial charge on any atom is 0.490 e. The van der Waals surface area contributed by atoms with Gasteiger partial charge in [0.05, 0.1) is 12.1 Å². The molecule has 1 saturated heterocycles. The molecule has 1 fully saturated rings. The maximum absolute atomic E-state index is 13.7. The summed E-state index contributed by atoms with van der Waals surface area (Å²) in [5.74, 6) is -3.38. The fraction of sp³-hybridized carbons (Fsp3) is 0.350. The molecule has 2 N–H and O–H groups in total. The number of aliphatic hydroxyl groups is 1. The van der Waals surface area contributed by atoms with Crippen LogP contribution in [0.2, 0.25) is 0 Å². The van der Waals surface area contributed by atoms with Crippen LogP contribution >= 0.6 is 0 Å². The van der Waals surface area contributed by atoms with Gasteiger partial charge >= 0.3 is 12.1 Å². The van der Waals surface area contributed by atoms with Crippen LogP contribution < -0.4 is 0 Å². The van der Waals surface area contributed by atoms with Crippen molar-refractivity contribution in [1.29, 1.82) is 0 Å². The number of carbonyl (C=O) groups is 2. The van der Waals surface area contributed by atoms with Crippen LogP contribution in [0, 0.1) is 12.7 Å². The number of aryl methyl sites for hydroxylation is 1. The first kappa shape index (κ1) is 23.3. The number of aliphatic carboxylic acids is 1. The van der Waals surface area contributed by atoms with Gasteiger partial charge in [0.2, 0.25) is 0 Å². The molecule has 0 aliphatic carbocycles. The molecule has 1 aromatic heterocycles. The number of aliphatic hydroxyl groups excluding tert-OH is 1. The molecule has 0 bridgehead atoms. The predicted octanol–water partition coefficient (Wildman–Crippen LogP) is 2.98. The molecule has 0 radical (unpaired) electrons. The number of likely N-dealkylation sites (tertiary alicyclic amines) is 1. The molecule has 1 aliphatic rings. The number of carboxylic acids is 1. The second-order valence-electron chi connectivity index (χ2n) is 6.75. The average Bonchev–Trinajstić information content (AvgIpc) is 3.04. The highest BCUT2D eigenvalue weighted by Crippen LogP contribution is 2.24. The van der Waals surface area contributed by atoms with Crippen molar-refractivity contribution in [1.82, 2.24) is 9.88 Å². The highest BCUT2D eigenvalue weighted by Gasteiger charge is 2.38. The number of aromatic nitrogens is 1. The molecule has 1 aromatic carbocycles. The van der Waals surface area contributed by atoms with E-state index in [0.717, 1.165) is 5.56 Å². The first-order valence-corrected chi connectivity index (χ1v) is 8.95. The quantitative estimate of drug-likeness (QED) is 0.734. The number of carboxylic acid groups (broad SMARTS) is 1. The van der Waals surface area contributed by atoms with Crippen LogP contribution in [0.15, 0.2) is 42.7 Å². The number of alkyl halides is 3. The normalized spacial score (nSPS) is 18.5. The third-order valence-electron chi connectivity index (χ3n) is 4.63.